The fourth-order valence-corrected chi connectivity index (χ4v) is 4.50. The number of nitrogens with one attached hydrogen (secondary N) is 1. The smallest absolute Gasteiger partial charge is 0.317 e. The molecule has 4 nitrogen and oxygen atoms in total. The van der Waals surface area contributed by atoms with E-state index in [1.54, 1.807) is 0 Å². The molecular weight excluding hydrogens is 308 g/mol. The van der Waals surface area contributed by atoms with Crippen LogP contribution in [-0.4, -0.2) is 34.7 Å². The van der Waals surface area contributed by atoms with Crippen LogP contribution in [0.25, 0.3) is 0 Å². The minimum atomic E-state index is -0.531. The van der Waals surface area contributed by atoms with Crippen LogP contribution < -0.4 is 5.32 Å². The molecule has 116 valence electrons. The normalized spacial score (nSPS) is 29.0. The third-order valence-electron chi connectivity index (χ3n) is 4.76. The van der Waals surface area contributed by atoms with Crippen molar-refractivity contribution in [2.24, 2.45) is 5.92 Å². The molecule has 1 aliphatic heterocycles. The van der Waals surface area contributed by atoms with Gasteiger partial charge in [-0.15, -0.1) is 11.3 Å². The van der Waals surface area contributed by atoms with Gasteiger partial charge in [0.2, 0.25) is 0 Å². The maximum atomic E-state index is 12.3. The largest absolute Gasteiger partial charge is 0.389 e. The van der Waals surface area contributed by atoms with Crippen molar-refractivity contribution in [2.75, 3.05) is 13.1 Å². The number of amides is 2. The summed E-state index contributed by atoms with van der Waals surface area (Å²) in [5, 5.41) is 13.6. The first-order valence-electron chi connectivity index (χ1n) is 7.56. The zero-order chi connectivity index (χ0) is 14.9. The maximum absolute atomic E-state index is 12.3. The van der Waals surface area contributed by atoms with Gasteiger partial charge in [-0.1, -0.05) is 24.4 Å². The van der Waals surface area contributed by atoms with Gasteiger partial charge in [-0.05, 0) is 31.4 Å². The quantitative estimate of drug-likeness (QED) is 0.875. The van der Waals surface area contributed by atoms with Crippen molar-refractivity contribution in [3.63, 3.8) is 0 Å². The third-order valence-corrected chi connectivity index (χ3v) is 5.99. The molecule has 6 heteroatoms. The highest BCUT2D eigenvalue weighted by atomic mass is 35.5. The van der Waals surface area contributed by atoms with Gasteiger partial charge in [-0.25, -0.2) is 4.79 Å². The average molecular weight is 329 g/mol. The number of carbonyl (C=O) groups is 1. The Morgan fingerprint density at radius 2 is 2.33 bits per heavy atom. The van der Waals surface area contributed by atoms with Crippen molar-refractivity contribution in [3.8, 4) is 0 Å². The molecule has 0 unspecified atom stereocenters. The summed E-state index contributed by atoms with van der Waals surface area (Å²) in [5.41, 5.74) is -0.531. The summed E-state index contributed by atoms with van der Waals surface area (Å²) in [6.07, 6.45) is 4.89. The Balaban J connectivity index is 1.54. The lowest BCUT2D eigenvalue weighted by Crippen LogP contribution is -2.56. The van der Waals surface area contributed by atoms with E-state index in [4.69, 9.17) is 11.6 Å². The predicted molar refractivity (Wildman–Crippen MR) is 84.7 cm³/mol. The molecule has 2 atom stereocenters. The van der Waals surface area contributed by atoms with E-state index in [2.05, 4.69) is 5.32 Å². The van der Waals surface area contributed by atoms with Gasteiger partial charge in [0.1, 0.15) is 0 Å². The molecular formula is C15H21ClN2O2S. The first-order chi connectivity index (χ1) is 10.1. The monoisotopic (exact) mass is 328 g/mol. The molecule has 0 spiro atoms. The minimum absolute atomic E-state index is 0.0351. The Labute approximate surface area is 134 Å². The molecule has 2 aliphatic rings. The summed E-state index contributed by atoms with van der Waals surface area (Å²) >= 11 is 7.37. The molecule has 0 bridgehead atoms. The van der Waals surface area contributed by atoms with Crippen LogP contribution >= 0.6 is 22.9 Å². The number of likely N-dealkylation sites (tertiary alicyclic amines) is 1. The summed E-state index contributed by atoms with van der Waals surface area (Å²) in [6.45, 7) is 1.83. The zero-order valence-corrected chi connectivity index (χ0v) is 13.6. The molecule has 1 saturated carbocycles. The lowest BCUT2D eigenvalue weighted by atomic mass is 9.71. The molecule has 2 N–H and O–H groups in total. The van der Waals surface area contributed by atoms with Crippen LogP contribution in [0.2, 0.25) is 4.34 Å². The molecule has 1 saturated heterocycles. The molecule has 2 amide bonds. The number of aliphatic hydroxyl groups is 1. The molecule has 3 rings (SSSR count). The summed E-state index contributed by atoms with van der Waals surface area (Å²) in [5.74, 6) is 0.238. The number of nitrogens with zero attached hydrogens (tertiary/aromatic N) is 1. The lowest BCUT2D eigenvalue weighted by Gasteiger charge is -2.47. The van der Waals surface area contributed by atoms with E-state index in [0.717, 1.165) is 34.9 Å². The Morgan fingerprint density at radius 3 is 3.10 bits per heavy atom. The Bertz CT molecular complexity index is 522. The fourth-order valence-electron chi connectivity index (χ4n) is 3.48. The summed E-state index contributed by atoms with van der Waals surface area (Å²) in [4.78, 5) is 15.2. The van der Waals surface area contributed by atoms with Crippen molar-refractivity contribution < 1.29 is 9.90 Å². The lowest BCUT2D eigenvalue weighted by molar-refractivity contribution is -0.0870. The number of rotatable bonds is 2. The van der Waals surface area contributed by atoms with Gasteiger partial charge in [0.25, 0.3) is 0 Å². The van der Waals surface area contributed by atoms with E-state index in [-0.39, 0.29) is 11.9 Å². The topological polar surface area (TPSA) is 52.6 Å². The summed E-state index contributed by atoms with van der Waals surface area (Å²) in [7, 11) is 0. The van der Waals surface area contributed by atoms with Gasteiger partial charge in [0.05, 0.1) is 16.5 Å². The molecule has 0 aromatic carbocycles. The molecule has 1 aromatic heterocycles. The number of carbonyl (C=O) groups excluding carboxylic acids is 1. The van der Waals surface area contributed by atoms with E-state index in [1.165, 1.54) is 11.3 Å². The van der Waals surface area contributed by atoms with Crippen molar-refractivity contribution in [1.82, 2.24) is 10.2 Å². The van der Waals surface area contributed by atoms with Crippen LogP contribution in [0.15, 0.2) is 12.1 Å². The second kappa shape index (κ2) is 6.15. The number of halogens is 1. The Morgan fingerprint density at radius 1 is 1.48 bits per heavy atom. The molecule has 2 fully saturated rings. The minimum Gasteiger partial charge on any atom is -0.389 e. The van der Waals surface area contributed by atoms with Crippen molar-refractivity contribution in [1.29, 1.82) is 0 Å². The van der Waals surface area contributed by atoms with Gasteiger partial charge in [0, 0.05) is 23.9 Å². The molecule has 0 radical (unpaired) electrons. The molecule has 2 heterocycles. The Hall–Kier alpha value is -0.780. The number of urea groups is 1. The van der Waals surface area contributed by atoms with Crippen molar-refractivity contribution in [2.45, 2.75) is 44.2 Å². The zero-order valence-electron chi connectivity index (χ0n) is 12.0. The van der Waals surface area contributed by atoms with E-state index in [0.29, 0.717) is 26.1 Å². The number of hydrogen-bond donors (Lipinski definition) is 2. The van der Waals surface area contributed by atoms with Crippen LogP contribution in [0.4, 0.5) is 4.79 Å². The van der Waals surface area contributed by atoms with Crippen LogP contribution in [0.5, 0.6) is 0 Å². The predicted octanol–water partition coefficient (Wildman–Crippen LogP) is 3.24. The highest BCUT2D eigenvalue weighted by Gasteiger charge is 2.43. The van der Waals surface area contributed by atoms with Crippen LogP contribution in [0, 0.1) is 5.92 Å². The van der Waals surface area contributed by atoms with Gasteiger partial charge >= 0.3 is 6.03 Å². The van der Waals surface area contributed by atoms with Gasteiger partial charge in [0.15, 0.2) is 0 Å². The van der Waals surface area contributed by atoms with Crippen molar-refractivity contribution >= 4 is 29.0 Å². The second-order valence-electron chi connectivity index (χ2n) is 6.11. The van der Waals surface area contributed by atoms with Gasteiger partial charge in [-0.2, -0.15) is 0 Å². The molecule has 1 aromatic rings. The fraction of sp³-hybridized carbons (Fsp3) is 0.667. The van der Waals surface area contributed by atoms with Crippen LogP contribution in [-0.2, 0) is 6.54 Å². The number of fused-ring (bicyclic) bond motifs is 1. The highest BCUT2D eigenvalue weighted by molar-refractivity contribution is 7.16. The van der Waals surface area contributed by atoms with E-state index in [9.17, 15) is 9.90 Å². The SMILES string of the molecule is O=C(NCc1ccc(Cl)s1)N1CC[C@@]2(O)CCCC[C@H]2C1. The maximum Gasteiger partial charge on any atom is 0.317 e. The van der Waals surface area contributed by atoms with E-state index < -0.39 is 5.60 Å². The highest BCUT2D eigenvalue weighted by Crippen LogP contribution is 2.39. The van der Waals surface area contributed by atoms with Gasteiger partial charge < -0.3 is 15.3 Å². The van der Waals surface area contributed by atoms with Crippen LogP contribution in [0.1, 0.15) is 37.0 Å². The van der Waals surface area contributed by atoms with E-state index in [1.807, 2.05) is 17.0 Å². The first kappa shape index (κ1) is 15.1. The standard InChI is InChI=1S/C15H21ClN2O2S/c16-13-5-4-12(21-13)9-17-14(19)18-8-7-15(20)6-2-1-3-11(15)10-18/h4-5,11,20H,1-3,6-10H2,(H,17,19)/t11-,15-/m0/s1. The van der Waals surface area contributed by atoms with E-state index >= 15 is 0 Å². The molecule has 1 aliphatic carbocycles. The van der Waals surface area contributed by atoms with Gasteiger partial charge in [-0.3, -0.25) is 0 Å². The number of hydrogen-bond acceptors (Lipinski definition) is 3. The van der Waals surface area contributed by atoms with Crippen LogP contribution in [0.3, 0.4) is 0 Å². The molecule has 21 heavy (non-hydrogen) atoms. The third kappa shape index (κ3) is 3.35. The first-order valence-corrected chi connectivity index (χ1v) is 8.76. The summed E-state index contributed by atoms with van der Waals surface area (Å²) in [6, 6.07) is 3.74. The Kier molecular flexibility index (Phi) is 4.43. The van der Waals surface area contributed by atoms with Crippen molar-refractivity contribution in [3.05, 3.63) is 21.3 Å². The summed E-state index contributed by atoms with van der Waals surface area (Å²) < 4.78 is 0.740. The average Bonchev–Trinajstić information content (AvgIpc) is 2.89. The number of thiophene rings is 1. The second-order valence-corrected chi connectivity index (χ2v) is 7.91. The number of piperidine rings is 1.